The molecule has 0 radical (unpaired) electrons. The van der Waals surface area contributed by atoms with Crippen molar-refractivity contribution in [3.8, 4) is 17.1 Å². The van der Waals surface area contributed by atoms with E-state index in [-0.39, 0.29) is 11.1 Å². The van der Waals surface area contributed by atoms with Gasteiger partial charge < -0.3 is 0 Å². The number of nitrogens with zero attached hydrogens (tertiary/aromatic N) is 3. The van der Waals surface area contributed by atoms with E-state index in [9.17, 15) is 4.39 Å². The van der Waals surface area contributed by atoms with E-state index < -0.39 is 0 Å². The molecular weight excluding hydrogens is 497 g/mol. The SMILES string of the molecule is Fc1cccc(-c2nnc(SC(c3ccccc3)c3ccccc3)n2-c2cccc(Br)c2)c1. The molecule has 0 amide bonds. The van der Waals surface area contributed by atoms with Crippen LogP contribution in [0.4, 0.5) is 4.39 Å². The number of hydrogen-bond acceptors (Lipinski definition) is 3. The first-order chi connectivity index (χ1) is 16.2. The summed E-state index contributed by atoms with van der Waals surface area (Å²) in [6.07, 6.45) is 0. The van der Waals surface area contributed by atoms with Gasteiger partial charge in [0.2, 0.25) is 0 Å². The van der Waals surface area contributed by atoms with Crippen LogP contribution in [0.15, 0.2) is 119 Å². The number of rotatable bonds is 6. The second kappa shape index (κ2) is 9.73. The van der Waals surface area contributed by atoms with Gasteiger partial charge in [0, 0.05) is 10.0 Å². The van der Waals surface area contributed by atoms with Gasteiger partial charge in [-0.15, -0.1) is 10.2 Å². The van der Waals surface area contributed by atoms with Crippen molar-refractivity contribution in [1.29, 1.82) is 0 Å². The summed E-state index contributed by atoms with van der Waals surface area (Å²) in [4.78, 5) is 0. The van der Waals surface area contributed by atoms with E-state index in [1.54, 1.807) is 17.8 Å². The molecular formula is C27H19BrFN3S. The molecule has 6 heteroatoms. The zero-order valence-corrected chi connectivity index (χ0v) is 19.9. The number of hydrogen-bond donors (Lipinski definition) is 0. The molecule has 4 aromatic carbocycles. The Balaban J connectivity index is 1.66. The quantitative estimate of drug-likeness (QED) is 0.217. The van der Waals surface area contributed by atoms with Gasteiger partial charge in [-0.05, 0) is 41.5 Å². The Kier molecular flexibility index (Phi) is 6.37. The van der Waals surface area contributed by atoms with Crippen molar-refractivity contribution >= 4 is 27.7 Å². The lowest BCUT2D eigenvalue weighted by Gasteiger charge is -2.18. The van der Waals surface area contributed by atoms with E-state index in [1.165, 1.54) is 23.3 Å². The first-order valence-electron chi connectivity index (χ1n) is 10.4. The highest BCUT2D eigenvalue weighted by Crippen LogP contribution is 2.41. The fourth-order valence-corrected chi connectivity index (χ4v) is 5.27. The molecule has 0 aliphatic heterocycles. The van der Waals surface area contributed by atoms with Gasteiger partial charge in [-0.1, -0.05) is 107 Å². The van der Waals surface area contributed by atoms with Crippen LogP contribution in [0.3, 0.4) is 0 Å². The lowest BCUT2D eigenvalue weighted by atomic mass is 10.0. The van der Waals surface area contributed by atoms with E-state index >= 15 is 0 Å². The van der Waals surface area contributed by atoms with Crippen molar-refractivity contribution in [1.82, 2.24) is 14.8 Å². The van der Waals surface area contributed by atoms with Gasteiger partial charge in [-0.25, -0.2) is 4.39 Å². The van der Waals surface area contributed by atoms with Crippen molar-refractivity contribution in [3.63, 3.8) is 0 Å². The topological polar surface area (TPSA) is 30.7 Å². The average molecular weight is 516 g/mol. The highest BCUT2D eigenvalue weighted by molar-refractivity contribution is 9.10. The van der Waals surface area contributed by atoms with Gasteiger partial charge in [-0.2, -0.15) is 0 Å². The van der Waals surface area contributed by atoms with Gasteiger partial charge in [0.05, 0.1) is 10.9 Å². The summed E-state index contributed by atoms with van der Waals surface area (Å²) < 4.78 is 17.0. The predicted octanol–water partition coefficient (Wildman–Crippen LogP) is 7.72. The Hall–Kier alpha value is -3.22. The van der Waals surface area contributed by atoms with Gasteiger partial charge in [0.1, 0.15) is 5.82 Å². The van der Waals surface area contributed by atoms with Crippen LogP contribution in [0.5, 0.6) is 0 Å². The van der Waals surface area contributed by atoms with E-state index in [0.717, 1.165) is 15.3 Å². The van der Waals surface area contributed by atoms with Crippen molar-refractivity contribution < 1.29 is 4.39 Å². The van der Waals surface area contributed by atoms with Crippen LogP contribution in [-0.4, -0.2) is 14.8 Å². The second-order valence-electron chi connectivity index (χ2n) is 7.45. The third kappa shape index (κ3) is 4.77. The van der Waals surface area contributed by atoms with E-state index in [0.29, 0.717) is 11.4 Å². The van der Waals surface area contributed by atoms with Crippen LogP contribution in [0, 0.1) is 5.82 Å². The second-order valence-corrected chi connectivity index (χ2v) is 9.44. The molecule has 0 atom stereocenters. The number of aromatic nitrogens is 3. The molecule has 162 valence electrons. The normalized spacial score (nSPS) is 11.1. The number of halogens is 2. The Morgan fingerprint density at radius 1 is 0.727 bits per heavy atom. The summed E-state index contributed by atoms with van der Waals surface area (Å²) >= 11 is 5.19. The molecule has 0 fully saturated rings. The fraction of sp³-hybridized carbons (Fsp3) is 0.0370. The average Bonchev–Trinajstić information content (AvgIpc) is 3.27. The van der Waals surface area contributed by atoms with E-state index in [2.05, 4.69) is 50.4 Å². The molecule has 33 heavy (non-hydrogen) atoms. The molecule has 0 N–H and O–H groups in total. The largest absolute Gasteiger partial charge is 0.270 e. The standard InChI is InChI=1S/C27H19BrFN3S/c28-22-14-8-16-24(18-22)32-26(21-13-7-15-23(29)17-21)30-31-27(32)33-25(19-9-3-1-4-10-19)20-11-5-2-6-12-20/h1-18,25H. The molecule has 3 nitrogen and oxygen atoms in total. The summed E-state index contributed by atoms with van der Waals surface area (Å²) in [6, 6.07) is 35.1. The first-order valence-corrected chi connectivity index (χ1v) is 12.1. The van der Waals surface area contributed by atoms with Crippen molar-refractivity contribution in [2.24, 2.45) is 0 Å². The van der Waals surface area contributed by atoms with Crippen LogP contribution in [-0.2, 0) is 0 Å². The molecule has 0 spiro atoms. The lowest BCUT2D eigenvalue weighted by Crippen LogP contribution is -2.03. The lowest BCUT2D eigenvalue weighted by molar-refractivity contribution is 0.628. The van der Waals surface area contributed by atoms with Crippen LogP contribution < -0.4 is 0 Å². The van der Waals surface area contributed by atoms with Gasteiger partial charge >= 0.3 is 0 Å². The van der Waals surface area contributed by atoms with Gasteiger partial charge in [0.15, 0.2) is 11.0 Å². The molecule has 1 aromatic heterocycles. The molecule has 5 rings (SSSR count). The Labute approximate surface area is 204 Å². The van der Waals surface area contributed by atoms with Crippen LogP contribution in [0.2, 0.25) is 0 Å². The third-order valence-corrected chi connectivity index (χ3v) is 6.96. The Morgan fingerprint density at radius 2 is 1.39 bits per heavy atom. The summed E-state index contributed by atoms with van der Waals surface area (Å²) in [7, 11) is 0. The molecule has 0 aliphatic carbocycles. The predicted molar refractivity (Wildman–Crippen MR) is 135 cm³/mol. The Morgan fingerprint density at radius 3 is 2.03 bits per heavy atom. The summed E-state index contributed by atoms with van der Waals surface area (Å²) in [6.45, 7) is 0. The zero-order chi connectivity index (χ0) is 22.6. The molecule has 0 aliphatic rings. The third-order valence-electron chi connectivity index (χ3n) is 5.21. The maximum atomic E-state index is 14.0. The molecule has 0 unspecified atom stereocenters. The maximum Gasteiger partial charge on any atom is 0.197 e. The smallest absolute Gasteiger partial charge is 0.197 e. The fourth-order valence-electron chi connectivity index (χ4n) is 3.70. The van der Waals surface area contributed by atoms with Gasteiger partial charge in [0.25, 0.3) is 0 Å². The molecule has 0 saturated carbocycles. The molecule has 5 aromatic rings. The number of thioether (sulfide) groups is 1. The van der Waals surface area contributed by atoms with Crippen molar-refractivity contribution in [3.05, 3.63) is 131 Å². The summed E-state index contributed by atoms with van der Waals surface area (Å²) in [5, 5.41) is 9.78. The van der Waals surface area contributed by atoms with E-state index in [4.69, 9.17) is 0 Å². The summed E-state index contributed by atoms with van der Waals surface area (Å²) in [5.74, 6) is 0.284. The Bertz CT molecular complexity index is 1330. The van der Waals surface area contributed by atoms with Crippen molar-refractivity contribution in [2.45, 2.75) is 10.4 Å². The summed E-state index contributed by atoms with van der Waals surface area (Å²) in [5.41, 5.74) is 3.91. The molecule has 0 saturated heterocycles. The van der Waals surface area contributed by atoms with Gasteiger partial charge in [-0.3, -0.25) is 4.57 Å². The minimum atomic E-state index is -0.308. The molecule has 1 heterocycles. The first kappa shape index (κ1) is 21.6. The molecule has 0 bridgehead atoms. The van der Waals surface area contributed by atoms with E-state index in [1.807, 2.05) is 71.3 Å². The van der Waals surface area contributed by atoms with Crippen molar-refractivity contribution in [2.75, 3.05) is 0 Å². The minimum Gasteiger partial charge on any atom is -0.270 e. The highest BCUT2D eigenvalue weighted by atomic mass is 79.9. The zero-order valence-electron chi connectivity index (χ0n) is 17.5. The van der Waals surface area contributed by atoms with Crippen LogP contribution in [0.25, 0.3) is 17.1 Å². The van der Waals surface area contributed by atoms with Crippen LogP contribution >= 0.6 is 27.7 Å². The maximum absolute atomic E-state index is 14.0. The van der Waals surface area contributed by atoms with Crippen LogP contribution in [0.1, 0.15) is 16.4 Å². The highest BCUT2D eigenvalue weighted by Gasteiger charge is 2.23. The number of benzene rings is 4. The monoisotopic (exact) mass is 515 g/mol. The minimum absolute atomic E-state index is 0.0165.